The fraction of sp³-hybridized carbons (Fsp3) is 0.650. The van der Waals surface area contributed by atoms with Gasteiger partial charge in [0.05, 0.1) is 5.69 Å². The van der Waals surface area contributed by atoms with Crippen molar-refractivity contribution in [2.24, 2.45) is 0 Å². The van der Waals surface area contributed by atoms with Gasteiger partial charge in [-0.05, 0) is 65.5 Å². The van der Waals surface area contributed by atoms with Gasteiger partial charge in [0.25, 0.3) is 0 Å². The lowest BCUT2D eigenvalue weighted by molar-refractivity contribution is 0.0527. The Balaban J connectivity index is 1.73. The third-order valence-corrected chi connectivity index (χ3v) is 4.30. The van der Waals surface area contributed by atoms with Crippen molar-refractivity contribution in [3.63, 3.8) is 0 Å². The topological polar surface area (TPSA) is 71.5 Å². The molecular weight excluding hydrogens is 330 g/mol. The van der Waals surface area contributed by atoms with Crippen LogP contribution in [-0.4, -0.2) is 42.1 Å². The number of aromatic nitrogens is 1. The molecule has 2 rings (SSSR count). The van der Waals surface area contributed by atoms with E-state index in [0.717, 1.165) is 37.4 Å². The number of ketones is 1. The Morgan fingerprint density at radius 1 is 1.19 bits per heavy atom. The molecule has 1 N–H and O–H groups in total. The van der Waals surface area contributed by atoms with E-state index in [2.05, 4.69) is 15.2 Å². The number of unbranched alkanes of at least 4 members (excludes halogenated alkanes) is 1. The van der Waals surface area contributed by atoms with Crippen molar-refractivity contribution in [2.45, 2.75) is 65.4 Å². The van der Waals surface area contributed by atoms with E-state index in [1.807, 2.05) is 39.8 Å². The minimum Gasteiger partial charge on any atom is -0.444 e. The average molecular weight is 361 g/mol. The molecular formula is C20H31N3O3. The molecule has 0 bridgehead atoms. The second-order valence-corrected chi connectivity index (χ2v) is 7.81. The maximum Gasteiger partial charge on any atom is 0.407 e. The van der Waals surface area contributed by atoms with Gasteiger partial charge in [-0.1, -0.05) is 0 Å². The highest BCUT2D eigenvalue weighted by Crippen LogP contribution is 2.20. The maximum atomic E-state index is 12.4. The molecule has 2 heterocycles. The minimum atomic E-state index is -0.494. The van der Waals surface area contributed by atoms with Gasteiger partial charge >= 0.3 is 6.09 Å². The third-order valence-electron chi connectivity index (χ3n) is 4.30. The number of rotatable bonds is 7. The van der Waals surface area contributed by atoms with E-state index in [1.54, 1.807) is 0 Å². The molecule has 1 amide bonds. The highest BCUT2D eigenvalue weighted by atomic mass is 16.6. The molecule has 0 saturated carbocycles. The zero-order chi connectivity index (χ0) is 19.2. The van der Waals surface area contributed by atoms with Crippen LogP contribution in [0.1, 0.15) is 68.9 Å². The van der Waals surface area contributed by atoms with Gasteiger partial charge in [0.1, 0.15) is 11.4 Å². The lowest BCUT2D eigenvalue weighted by Gasteiger charge is -2.19. The van der Waals surface area contributed by atoms with Crippen molar-refractivity contribution in [2.75, 3.05) is 24.5 Å². The van der Waals surface area contributed by atoms with Crippen LogP contribution in [-0.2, 0) is 4.74 Å². The lowest BCUT2D eigenvalue weighted by atomic mass is 10.0. The molecule has 0 aromatic carbocycles. The first-order valence-electron chi connectivity index (χ1n) is 9.49. The number of ether oxygens (including phenoxy) is 1. The number of aryl methyl sites for hydroxylation is 1. The number of anilines is 1. The summed E-state index contributed by atoms with van der Waals surface area (Å²) in [6.45, 7) is 9.99. The minimum absolute atomic E-state index is 0.111. The van der Waals surface area contributed by atoms with Gasteiger partial charge in [-0.15, -0.1) is 0 Å². The van der Waals surface area contributed by atoms with Crippen molar-refractivity contribution in [1.82, 2.24) is 10.3 Å². The first-order chi connectivity index (χ1) is 12.3. The fourth-order valence-corrected chi connectivity index (χ4v) is 3.01. The Hall–Kier alpha value is -2.11. The molecule has 6 nitrogen and oxygen atoms in total. The summed E-state index contributed by atoms with van der Waals surface area (Å²) in [5, 5.41) is 2.71. The third kappa shape index (κ3) is 6.32. The lowest BCUT2D eigenvalue weighted by Crippen LogP contribution is -2.33. The Bertz CT molecular complexity index is 632. The van der Waals surface area contributed by atoms with Gasteiger partial charge in [0, 0.05) is 31.6 Å². The highest BCUT2D eigenvalue weighted by Gasteiger charge is 2.17. The first kappa shape index (κ1) is 20.2. The van der Waals surface area contributed by atoms with Gasteiger partial charge in [0.15, 0.2) is 5.78 Å². The van der Waals surface area contributed by atoms with Crippen LogP contribution in [0.25, 0.3) is 0 Å². The van der Waals surface area contributed by atoms with E-state index >= 15 is 0 Å². The predicted molar refractivity (Wildman–Crippen MR) is 103 cm³/mol. The normalized spacial score (nSPS) is 14.4. The summed E-state index contributed by atoms with van der Waals surface area (Å²) in [5.74, 6) is 1.08. The zero-order valence-electron chi connectivity index (χ0n) is 16.4. The largest absolute Gasteiger partial charge is 0.444 e. The molecule has 1 aromatic rings. The summed E-state index contributed by atoms with van der Waals surface area (Å²) in [5.41, 5.74) is 1.01. The molecule has 6 heteroatoms. The number of amides is 1. The van der Waals surface area contributed by atoms with E-state index in [-0.39, 0.29) is 5.78 Å². The Labute approximate surface area is 156 Å². The summed E-state index contributed by atoms with van der Waals surface area (Å²) in [7, 11) is 0. The molecule has 0 aliphatic carbocycles. The number of hydrogen-bond donors (Lipinski definition) is 1. The van der Waals surface area contributed by atoms with Gasteiger partial charge in [-0.3, -0.25) is 4.79 Å². The van der Waals surface area contributed by atoms with Gasteiger partial charge in [-0.2, -0.15) is 0 Å². The summed E-state index contributed by atoms with van der Waals surface area (Å²) in [6, 6.07) is 3.85. The molecule has 1 aliphatic heterocycles. The number of nitrogens with one attached hydrogen (secondary N) is 1. The Morgan fingerprint density at radius 3 is 2.50 bits per heavy atom. The summed E-state index contributed by atoms with van der Waals surface area (Å²) >= 11 is 0. The van der Waals surface area contributed by atoms with E-state index in [4.69, 9.17) is 4.74 Å². The van der Waals surface area contributed by atoms with Gasteiger partial charge < -0.3 is 15.0 Å². The monoisotopic (exact) mass is 361 g/mol. The second-order valence-electron chi connectivity index (χ2n) is 7.81. The molecule has 144 valence electrons. The Morgan fingerprint density at radius 2 is 1.88 bits per heavy atom. The van der Waals surface area contributed by atoms with Crippen LogP contribution in [0, 0.1) is 6.92 Å². The van der Waals surface area contributed by atoms with Crippen molar-refractivity contribution in [3.05, 3.63) is 23.4 Å². The average Bonchev–Trinajstić information content (AvgIpc) is 3.07. The highest BCUT2D eigenvalue weighted by molar-refractivity contribution is 5.97. The SMILES string of the molecule is Cc1nc(N2CCCC2)ccc1C(=O)CCCCNC(=O)OC(C)(C)C. The Kier molecular flexibility index (Phi) is 7.00. The molecule has 1 aromatic heterocycles. The summed E-state index contributed by atoms with van der Waals surface area (Å²) < 4.78 is 5.17. The molecule has 0 radical (unpaired) electrons. The molecule has 0 spiro atoms. The van der Waals surface area contributed by atoms with Crippen LogP contribution >= 0.6 is 0 Å². The van der Waals surface area contributed by atoms with Crippen molar-refractivity contribution in [1.29, 1.82) is 0 Å². The zero-order valence-corrected chi connectivity index (χ0v) is 16.4. The van der Waals surface area contributed by atoms with Crippen molar-refractivity contribution < 1.29 is 14.3 Å². The van der Waals surface area contributed by atoms with E-state index in [1.165, 1.54) is 12.8 Å². The van der Waals surface area contributed by atoms with Gasteiger partial charge in [0.2, 0.25) is 0 Å². The molecule has 0 atom stereocenters. The predicted octanol–water partition coefficient (Wildman–Crippen LogP) is 3.87. The van der Waals surface area contributed by atoms with Gasteiger partial charge in [-0.25, -0.2) is 9.78 Å². The first-order valence-corrected chi connectivity index (χ1v) is 9.49. The molecule has 1 saturated heterocycles. The molecule has 26 heavy (non-hydrogen) atoms. The number of carbonyl (C=O) groups is 2. The van der Waals surface area contributed by atoms with Crippen molar-refractivity contribution in [3.8, 4) is 0 Å². The van der Waals surface area contributed by atoms with E-state index < -0.39 is 11.7 Å². The maximum absolute atomic E-state index is 12.4. The number of carbonyl (C=O) groups excluding carboxylic acids is 2. The van der Waals surface area contributed by atoms with Crippen LogP contribution in [0.2, 0.25) is 0 Å². The van der Waals surface area contributed by atoms with Crippen LogP contribution in [0.4, 0.5) is 10.6 Å². The fourth-order valence-electron chi connectivity index (χ4n) is 3.01. The second kappa shape index (κ2) is 9.01. The number of Topliss-reactive ketones (excluding diaryl/α,β-unsaturated/α-hetero) is 1. The van der Waals surface area contributed by atoms with Crippen LogP contribution in [0.15, 0.2) is 12.1 Å². The number of hydrogen-bond acceptors (Lipinski definition) is 5. The number of pyridine rings is 1. The number of nitrogens with zero attached hydrogens (tertiary/aromatic N) is 2. The summed E-state index contributed by atoms with van der Waals surface area (Å²) in [4.78, 5) is 30.8. The van der Waals surface area contributed by atoms with E-state index in [0.29, 0.717) is 18.5 Å². The van der Waals surface area contributed by atoms with Crippen LogP contribution < -0.4 is 10.2 Å². The quantitative estimate of drug-likeness (QED) is 0.590. The molecule has 1 fully saturated rings. The molecule has 1 aliphatic rings. The summed E-state index contributed by atoms with van der Waals surface area (Å²) in [6.07, 6.45) is 3.92. The molecule has 0 unspecified atom stereocenters. The van der Waals surface area contributed by atoms with Crippen molar-refractivity contribution >= 4 is 17.7 Å². The standard InChI is InChI=1S/C20H31N3O3/c1-15-16(10-11-18(22-15)23-13-7-8-14-23)17(24)9-5-6-12-21-19(25)26-20(2,3)4/h10-11H,5-9,12-14H2,1-4H3,(H,21,25). The van der Waals surface area contributed by atoms with E-state index in [9.17, 15) is 9.59 Å². The van der Waals surface area contributed by atoms with Crippen LogP contribution in [0.3, 0.4) is 0 Å². The smallest absolute Gasteiger partial charge is 0.407 e. The number of alkyl carbamates (subject to hydrolysis) is 1. The van der Waals surface area contributed by atoms with Crippen LogP contribution in [0.5, 0.6) is 0 Å².